The van der Waals surface area contributed by atoms with E-state index in [0.717, 1.165) is 13.1 Å². The van der Waals surface area contributed by atoms with Crippen molar-refractivity contribution >= 4 is 5.91 Å². The number of hydrogen-bond donors (Lipinski definition) is 2. The highest BCUT2D eigenvalue weighted by atomic mass is 16.3. The Morgan fingerprint density at radius 3 is 2.69 bits per heavy atom. The Balaban J connectivity index is 2.04. The van der Waals surface area contributed by atoms with Gasteiger partial charge in [-0.25, -0.2) is 0 Å². The molecule has 1 atom stereocenters. The fourth-order valence-corrected chi connectivity index (χ4v) is 3.40. The summed E-state index contributed by atoms with van der Waals surface area (Å²) in [5.41, 5.74) is 5.63. The first kappa shape index (κ1) is 11.9. The Kier molecular flexibility index (Phi) is 3.50. The van der Waals surface area contributed by atoms with Crippen molar-refractivity contribution in [1.29, 1.82) is 0 Å². The Morgan fingerprint density at radius 2 is 2.12 bits per heavy atom. The standard InChI is InChI=1S/C12H22N2O2/c13-6-3-11(16)14-7-10(8-15)12(9-14)4-1-2-5-12/h10,15H,1-9,13H2/t10-/m0/s1. The van der Waals surface area contributed by atoms with Crippen molar-refractivity contribution < 1.29 is 9.90 Å². The summed E-state index contributed by atoms with van der Waals surface area (Å²) in [5, 5.41) is 9.46. The summed E-state index contributed by atoms with van der Waals surface area (Å²) in [6, 6.07) is 0. The second-order valence-electron chi connectivity index (χ2n) is 5.26. The van der Waals surface area contributed by atoms with Gasteiger partial charge < -0.3 is 15.7 Å². The molecule has 92 valence electrons. The maximum atomic E-state index is 11.8. The zero-order chi connectivity index (χ0) is 11.6. The second-order valence-corrected chi connectivity index (χ2v) is 5.26. The first-order valence-electron chi connectivity index (χ1n) is 6.30. The van der Waals surface area contributed by atoms with Gasteiger partial charge in [0.05, 0.1) is 0 Å². The molecule has 4 nitrogen and oxygen atoms in total. The Morgan fingerprint density at radius 1 is 1.44 bits per heavy atom. The molecule has 1 aliphatic heterocycles. The van der Waals surface area contributed by atoms with Gasteiger partial charge in [0.25, 0.3) is 0 Å². The van der Waals surface area contributed by atoms with Crippen LogP contribution >= 0.6 is 0 Å². The van der Waals surface area contributed by atoms with Crippen molar-refractivity contribution in [3.63, 3.8) is 0 Å². The lowest BCUT2D eigenvalue weighted by atomic mass is 9.77. The van der Waals surface area contributed by atoms with Gasteiger partial charge in [-0.15, -0.1) is 0 Å². The predicted molar refractivity (Wildman–Crippen MR) is 61.7 cm³/mol. The lowest BCUT2D eigenvalue weighted by Crippen LogP contribution is -2.32. The van der Waals surface area contributed by atoms with Crippen LogP contribution in [0.5, 0.6) is 0 Å². The van der Waals surface area contributed by atoms with Gasteiger partial charge in [0.1, 0.15) is 0 Å². The van der Waals surface area contributed by atoms with E-state index in [1.54, 1.807) is 0 Å². The third kappa shape index (κ3) is 1.96. The van der Waals surface area contributed by atoms with Crippen molar-refractivity contribution in [2.45, 2.75) is 32.1 Å². The molecule has 16 heavy (non-hydrogen) atoms. The fraction of sp³-hybridized carbons (Fsp3) is 0.917. The Labute approximate surface area is 96.8 Å². The van der Waals surface area contributed by atoms with Crippen LogP contribution in [0.15, 0.2) is 0 Å². The summed E-state index contributed by atoms with van der Waals surface area (Å²) in [4.78, 5) is 13.7. The number of nitrogens with two attached hydrogens (primary N) is 1. The average molecular weight is 226 g/mol. The topological polar surface area (TPSA) is 66.6 Å². The van der Waals surface area contributed by atoms with Crippen LogP contribution in [0.4, 0.5) is 0 Å². The summed E-state index contributed by atoms with van der Waals surface area (Å²) in [5.74, 6) is 0.446. The molecule has 0 aromatic rings. The maximum Gasteiger partial charge on any atom is 0.223 e. The monoisotopic (exact) mass is 226 g/mol. The van der Waals surface area contributed by atoms with E-state index in [1.807, 2.05) is 4.90 Å². The molecule has 1 spiro atoms. The number of aliphatic hydroxyl groups is 1. The molecule has 0 unspecified atom stereocenters. The minimum atomic E-state index is 0.157. The molecule has 0 radical (unpaired) electrons. The maximum absolute atomic E-state index is 11.8. The number of amides is 1. The SMILES string of the molecule is NCCC(=O)N1C[C@@H](CO)C2(CCCC2)C1. The zero-order valence-corrected chi connectivity index (χ0v) is 9.82. The Hall–Kier alpha value is -0.610. The van der Waals surface area contributed by atoms with Crippen molar-refractivity contribution in [2.24, 2.45) is 17.1 Å². The average Bonchev–Trinajstić information content (AvgIpc) is 2.87. The van der Waals surface area contributed by atoms with E-state index >= 15 is 0 Å². The fourth-order valence-electron chi connectivity index (χ4n) is 3.40. The quantitative estimate of drug-likeness (QED) is 0.729. The van der Waals surface area contributed by atoms with Gasteiger partial charge in [0.15, 0.2) is 0 Å². The molecule has 0 aromatic carbocycles. The van der Waals surface area contributed by atoms with Crippen molar-refractivity contribution in [2.75, 3.05) is 26.2 Å². The smallest absolute Gasteiger partial charge is 0.223 e. The van der Waals surface area contributed by atoms with Gasteiger partial charge in [0.2, 0.25) is 5.91 Å². The molecule has 1 heterocycles. The minimum Gasteiger partial charge on any atom is -0.396 e. The molecule has 2 aliphatic rings. The molecule has 1 amide bonds. The summed E-state index contributed by atoms with van der Waals surface area (Å²) >= 11 is 0. The minimum absolute atomic E-state index is 0.157. The summed E-state index contributed by atoms with van der Waals surface area (Å²) < 4.78 is 0. The van der Waals surface area contributed by atoms with E-state index in [-0.39, 0.29) is 23.8 Å². The highest BCUT2D eigenvalue weighted by molar-refractivity contribution is 5.76. The molecule has 3 N–H and O–H groups in total. The van der Waals surface area contributed by atoms with E-state index in [4.69, 9.17) is 5.73 Å². The lowest BCUT2D eigenvalue weighted by Gasteiger charge is -2.28. The number of aliphatic hydroxyl groups excluding tert-OH is 1. The molecule has 1 saturated heterocycles. The van der Waals surface area contributed by atoms with E-state index < -0.39 is 0 Å². The van der Waals surface area contributed by atoms with Crippen LogP contribution in [-0.4, -0.2) is 42.2 Å². The highest BCUT2D eigenvalue weighted by Crippen LogP contribution is 2.48. The van der Waals surface area contributed by atoms with Crippen LogP contribution < -0.4 is 5.73 Å². The molecular formula is C12H22N2O2. The van der Waals surface area contributed by atoms with Crippen LogP contribution in [0.25, 0.3) is 0 Å². The summed E-state index contributed by atoms with van der Waals surface area (Å²) in [6.07, 6.45) is 5.27. The molecule has 1 saturated carbocycles. The highest BCUT2D eigenvalue weighted by Gasteiger charge is 2.48. The van der Waals surface area contributed by atoms with Crippen molar-refractivity contribution in [3.05, 3.63) is 0 Å². The predicted octanol–water partition coefficient (Wildman–Crippen LogP) is 0.346. The number of likely N-dealkylation sites (tertiary alicyclic amines) is 1. The van der Waals surface area contributed by atoms with Gasteiger partial charge in [0, 0.05) is 38.6 Å². The van der Waals surface area contributed by atoms with Gasteiger partial charge in [-0.1, -0.05) is 12.8 Å². The van der Waals surface area contributed by atoms with Crippen LogP contribution in [-0.2, 0) is 4.79 Å². The number of rotatable bonds is 3. The van der Waals surface area contributed by atoms with Crippen LogP contribution in [0.2, 0.25) is 0 Å². The lowest BCUT2D eigenvalue weighted by molar-refractivity contribution is -0.130. The third-order valence-electron chi connectivity index (χ3n) is 4.34. The molecule has 0 aromatic heterocycles. The first-order valence-corrected chi connectivity index (χ1v) is 6.30. The molecule has 2 fully saturated rings. The van der Waals surface area contributed by atoms with Crippen LogP contribution in [0.1, 0.15) is 32.1 Å². The summed E-state index contributed by atoms with van der Waals surface area (Å²) in [7, 11) is 0. The Bertz CT molecular complexity index is 262. The number of carbonyl (C=O) groups excluding carboxylic acids is 1. The first-order chi connectivity index (χ1) is 7.72. The van der Waals surface area contributed by atoms with E-state index in [2.05, 4.69) is 0 Å². The number of carbonyl (C=O) groups is 1. The molecular weight excluding hydrogens is 204 g/mol. The van der Waals surface area contributed by atoms with Crippen molar-refractivity contribution in [1.82, 2.24) is 4.90 Å². The van der Waals surface area contributed by atoms with Crippen molar-refractivity contribution in [3.8, 4) is 0 Å². The third-order valence-corrected chi connectivity index (χ3v) is 4.34. The van der Waals surface area contributed by atoms with Crippen LogP contribution in [0.3, 0.4) is 0 Å². The van der Waals surface area contributed by atoms with Gasteiger partial charge in [-0.05, 0) is 18.3 Å². The molecule has 4 heteroatoms. The van der Waals surface area contributed by atoms with Gasteiger partial charge in [-0.3, -0.25) is 4.79 Å². The largest absolute Gasteiger partial charge is 0.396 e. The molecule has 0 bridgehead atoms. The zero-order valence-electron chi connectivity index (χ0n) is 9.82. The van der Waals surface area contributed by atoms with E-state index in [0.29, 0.717) is 13.0 Å². The van der Waals surface area contributed by atoms with Gasteiger partial charge >= 0.3 is 0 Å². The number of hydrogen-bond acceptors (Lipinski definition) is 3. The summed E-state index contributed by atoms with van der Waals surface area (Å²) in [6.45, 7) is 2.21. The molecule has 2 rings (SSSR count). The van der Waals surface area contributed by atoms with Gasteiger partial charge in [-0.2, -0.15) is 0 Å². The molecule has 1 aliphatic carbocycles. The number of nitrogens with zero attached hydrogens (tertiary/aromatic N) is 1. The van der Waals surface area contributed by atoms with E-state index in [1.165, 1.54) is 25.7 Å². The second kappa shape index (κ2) is 4.72. The van der Waals surface area contributed by atoms with Crippen LogP contribution in [0, 0.1) is 11.3 Å². The van der Waals surface area contributed by atoms with E-state index in [9.17, 15) is 9.90 Å². The normalized spacial score (nSPS) is 27.9.